The van der Waals surface area contributed by atoms with Gasteiger partial charge in [0.15, 0.2) is 0 Å². The summed E-state index contributed by atoms with van der Waals surface area (Å²) in [7, 11) is 1.40. The van der Waals surface area contributed by atoms with Crippen molar-refractivity contribution >= 4 is 46.0 Å². The van der Waals surface area contributed by atoms with E-state index in [1.54, 1.807) is 4.90 Å². The lowest BCUT2D eigenvalue weighted by molar-refractivity contribution is -0.137. The summed E-state index contributed by atoms with van der Waals surface area (Å²) >= 11 is 6.85. The van der Waals surface area contributed by atoms with Gasteiger partial charge in [0.25, 0.3) is 0 Å². The molecule has 2 aliphatic heterocycles. The van der Waals surface area contributed by atoms with Crippen LogP contribution in [0.2, 0.25) is 5.02 Å². The Morgan fingerprint density at radius 1 is 1.19 bits per heavy atom. The van der Waals surface area contributed by atoms with Gasteiger partial charge in [0.1, 0.15) is 24.2 Å². The van der Waals surface area contributed by atoms with Gasteiger partial charge in [-0.2, -0.15) is 18.2 Å². The molecular weight excluding hydrogens is 607 g/mol. The number of piperazine rings is 1. The van der Waals surface area contributed by atoms with Crippen molar-refractivity contribution in [3.05, 3.63) is 63.6 Å². The number of thioether (sulfide) groups is 1. The average Bonchev–Trinajstić information content (AvgIpc) is 3.15. The highest BCUT2D eigenvalue weighted by Crippen LogP contribution is 2.49. The van der Waals surface area contributed by atoms with Gasteiger partial charge in [0, 0.05) is 66.5 Å². The van der Waals surface area contributed by atoms with Gasteiger partial charge in [-0.05, 0) is 18.2 Å². The van der Waals surface area contributed by atoms with E-state index >= 15 is 4.39 Å². The molecule has 3 aromatic rings. The largest absolute Gasteiger partial charge is 0.417 e. The van der Waals surface area contributed by atoms with E-state index < -0.39 is 51.3 Å². The molecule has 5 rings (SSSR count). The Bertz CT molecular complexity index is 1630. The van der Waals surface area contributed by atoms with Crippen molar-refractivity contribution in [2.45, 2.75) is 23.7 Å². The quantitative estimate of drug-likeness (QED) is 0.165. The third kappa shape index (κ3) is 5.60. The lowest BCUT2D eigenvalue weighted by atomic mass is 9.95. The summed E-state index contributed by atoms with van der Waals surface area (Å²) in [6, 6.07) is 2.07. The van der Waals surface area contributed by atoms with Gasteiger partial charge >= 0.3 is 11.9 Å². The summed E-state index contributed by atoms with van der Waals surface area (Å²) in [5.74, 6) is -2.58. The molecule has 42 heavy (non-hydrogen) atoms. The number of carbonyl (C=O) groups excluding carboxylic acids is 1. The van der Waals surface area contributed by atoms with E-state index in [0.717, 1.165) is 23.9 Å². The SMILES string of the molecule is C=CC(=O)N1CCN(c2nc(=O)n3c4c(c(-c5cc(Cl)c(F)cc5F)c(C(F)(F)F)cc24)SC[C@@H](OCOC)C3)CC1. The van der Waals surface area contributed by atoms with E-state index in [1.807, 2.05) is 0 Å². The summed E-state index contributed by atoms with van der Waals surface area (Å²) in [5, 5.41) is -0.552. The van der Waals surface area contributed by atoms with Gasteiger partial charge in [-0.15, -0.1) is 11.8 Å². The highest BCUT2D eigenvalue weighted by Gasteiger charge is 2.39. The van der Waals surface area contributed by atoms with Crippen LogP contribution in [0.15, 0.2) is 40.5 Å². The summed E-state index contributed by atoms with van der Waals surface area (Å²) < 4.78 is 85.3. The zero-order chi connectivity index (χ0) is 30.3. The molecule has 1 fully saturated rings. The molecule has 0 aliphatic carbocycles. The average molecular weight is 631 g/mol. The van der Waals surface area contributed by atoms with Crippen molar-refractivity contribution in [1.82, 2.24) is 14.5 Å². The van der Waals surface area contributed by atoms with Crippen LogP contribution in [0, 0.1) is 11.6 Å². The van der Waals surface area contributed by atoms with E-state index in [0.29, 0.717) is 6.07 Å². The van der Waals surface area contributed by atoms with Crippen LogP contribution < -0.4 is 10.6 Å². The molecule has 8 nitrogen and oxygen atoms in total. The first kappa shape index (κ1) is 30.3. The van der Waals surface area contributed by atoms with Crippen LogP contribution in [-0.2, 0) is 27.0 Å². The summed E-state index contributed by atoms with van der Waals surface area (Å²) in [4.78, 5) is 32.9. The number of rotatable bonds is 6. The van der Waals surface area contributed by atoms with Crippen molar-refractivity contribution in [1.29, 1.82) is 0 Å². The van der Waals surface area contributed by atoms with Crippen LogP contribution in [0.4, 0.5) is 27.8 Å². The molecule has 224 valence electrons. The molecule has 1 amide bonds. The van der Waals surface area contributed by atoms with Crippen LogP contribution in [0.25, 0.3) is 22.0 Å². The van der Waals surface area contributed by atoms with E-state index in [9.17, 15) is 27.2 Å². The van der Waals surface area contributed by atoms with Crippen LogP contribution in [0.3, 0.4) is 0 Å². The smallest absolute Gasteiger partial charge is 0.359 e. The minimum Gasteiger partial charge on any atom is -0.359 e. The molecule has 0 spiro atoms. The van der Waals surface area contributed by atoms with Gasteiger partial charge in [-0.3, -0.25) is 9.36 Å². The fourth-order valence-electron chi connectivity index (χ4n) is 5.11. The zero-order valence-electron chi connectivity index (χ0n) is 22.1. The number of hydrogen-bond acceptors (Lipinski definition) is 7. The Hall–Kier alpha value is -3.20. The number of carbonyl (C=O) groups is 1. The Kier molecular flexibility index (Phi) is 8.52. The third-order valence-corrected chi connectivity index (χ3v) is 8.58. The number of anilines is 1. The number of benzene rings is 2. The zero-order valence-corrected chi connectivity index (χ0v) is 23.7. The lowest BCUT2D eigenvalue weighted by Gasteiger charge is -2.35. The fourth-order valence-corrected chi connectivity index (χ4v) is 6.55. The number of aromatic nitrogens is 2. The Balaban J connectivity index is 1.80. The summed E-state index contributed by atoms with van der Waals surface area (Å²) in [6.07, 6.45) is -4.49. The molecule has 0 N–H and O–H groups in total. The standard InChI is InChI=1S/C27H24ClF5N4O4S/c1-3-21(38)35-4-6-36(7-5-35)25-16-8-17(27(31,32)33)22(15-9-18(28)20(30)10-19(15)29)24-23(16)37(26(39)34-25)11-14(12-42-24)41-13-40-2/h3,8-10,14H,1,4-7,11-13H2,2H3/t14-/m0/s1. The molecule has 2 aliphatic rings. The lowest BCUT2D eigenvalue weighted by Crippen LogP contribution is -2.49. The molecule has 2 aromatic carbocycles. The van der Waals surface area contributed by atoms with Crippen molar-refractivity contribution in [3.63, 3.8) is 0 Å². The number of amides is 1. The topological polar surface area (TPSA) is 76.9 Å². The minimum absolute atomic E-state index is 0.00437. The number of alkyl halides is 3. The highest BCUT2D eigenvalue weighted by atomic mass is 35.5. The number of methoxy groups -OCH3 is 1. The maximum Gasteiger partial charge on any atom is 0.417 e. The molecule has 1 aromatic heterocycles. The van der Waals surface area contributed by atoms with E-state index in [-0.39, 0.29) is 72.8 Å². The van der Waals surface area contributed by atoms with E-state index in [4.69, 9.17) is 21.1 Å². The third-order valence-electron chi connectivity index (χ3n) is 7.07. The van der Waals surface area contributed by atoms with Crippen LogP contribution in [0.1, 0.15) is 5.56 Å². The maximum absolute atomic E-state index is 15.2. The van der Waals surface area contributed by atoms with E-state index in [2.05, 4.69) is 11.6 Å². The normalized spacial score (nSPS) is 17.5. The second-order valence-electron chi connectivity index (χ2n) is 9.62. The molecular formula is C27H24ClF5N4O4S. The van der Waals surface area contributed by atoms with Gasteiger partial charge in [0.05, 0.1) is 28.8 Å². The predicted octanol–water partition coefficient (Wildman–Crippen LogP) is 4.94. The number of halogens is 6. The highest BCUT2D eigenvalue weighted by molar-refractivity contribution is 7.99. The van der Waals surface area contributed by atoms with Gasteiger partial charge in [-0.25, -0.2) is 13.6 Å². The summed E-state index contributed by atoms with van der Waals surface area (Å²) in [5.41, 5.74) is -2.99. The molecule has 0 unspecified atom stereocenters. The summed E-state index contributed by atoms with van der Waals surface area (Å²) in [6.45, 7) is 4.12. The first-order valence-electron chi connectivity index (χ1n) is 12.7. The van der Waals surface area contributed by atoms with Crippen LogP contribution in [-0.4, -0.2) is 72.3 Å². The van der Waals surface area contributed by atoms with E-state index in [1.165, 1.54) is 22.7 Å². The number of nitrogens with zero attached hydrogens (tertiary/aromatic N) is 4. The fraction of sp³-hybridized carbons (Fsp3) is 0.370. The second kappa shape index (κ2) is 11.8. The number of hydrogen-bond donors (Lipinski definition) is 0. The first-order valence-corrected chi connectivity index (χ1v) is 14.0. The van der Waals surface area contributed by atoms with Crippen LogP contribution in [0.5, 0.6) is 0 Å². The molecule has 0 radical (unpaired) electrons. The van der Waals surface area contributed by atoms with Crippen molar-refractivity contribution in [2.24, 2.45) is 0 Å². The minimum atomic E-state index is -4.99. The molecule has 1 atom stereocenters. The molecule has 0 saturated carbocycles. The Morgan fingerprint density at radius 2 is 1.90 bits per heavy atom. The Labute approximate surface area is 245 Å². The van der Waals surface area contributed by atoms with Crippen molar-refractivity contribution in [2.75, 3.05) is 50.7 Å². The van der Waals surface area contributed by atoms with Gasteiger partial charge < -0.3 is 19.3 Å². The molecule has 0 bridgehead atoms. The second-order valence-corrected chi connectivity index (χ2v) is 11.1. The maximum atomic E-state index is 15.2. The van der Waals surface area contributed by atoms with Crippen molar-refractivity contribution < 1.29 is 36.2 Å². The van der Waals surface area contributed by atoms with Crippen molar-refractivity contribution in [3.8, 4) is 11.1 Å². The predicted molar refractivity (Wildman–Crippen MR) is 148 cm³/mol. The Morgan fingerprint density at radius 3 is 2.55 bits per heavy atom. The van der Waals surface area contributed by atoms with Crippen LogP contribution >= 0.6 is 23.4 Å². The molecule has 15 heteroatoms. The monoisotopic (exact) mass is 630 g/mol. The van der Waals surface area contributed by atoms with Gasteiger partial charge in [-0.1, -0.05) is 18.2 Å². The molecule has 1 saturated heterocycles. The molecule has 3 heterocycles. The first-order chi connectivity index (χ1) is 19.9. The van der Waals surface area contributed by atoms with Gasteiger partial charge in [0.2, 0.25) is 5.91 Å². The number of ether oxygens (including phenoxy) is 2.